The van der Waals surface area contributed by atoms with E-state index in [0.29, 0.717) is 24.3 Å². The van der Waals surface area contributed by atoms with Crippen molar-refractivity contribution in [3.63, 3.8) is 0 Å². The van der Waals surface area contributed by atoms with Gasteiger partial charge >= 0.3 is 0 Å². The van der Waals surface area contributed by atoms with Crippen molar-refractivity contribution in [2.45, 2.75) is 24.9 Å². The maximum Gasteiger partial charge on any atom is 0.244 e. The highest BCUT2D eigenvalue weighted by atomic mass is 16.5. The number of methoxy groups -OCH3 is 2. The molecule has 2 aromatic rings. The van der Waals surface area contributed by atoms with Crippen molar-refractivity contribution >= 4 is 12.0 Å². The summed E-state index contributed by atoms with van der Waals surface area (Å²) in [5, 5.41) is 13.6. The van der Waals surface area contributed by atoms with E-state index in [9.17, 15) is 9.90 Å². The van der Waals surface area contributed by atoms with Crippen molar-refractivity contribution in [1.29, 1.82) is 0 Å². The predicted molar refractivity (Wildman–Crippen MR) is 105 cm³/mol. The fourth-order valence-corrected chi connectivity index (χ4v) is 3.37. The van der Waals surface area contributed by atoms with Crippen LogP contribution in [0.2, 0.25) is 0 Å². The molecule has 5 heteroatoms. The fourth-order valence-electron chi connectivity index (χ4n) is 3.37. The van der Waals surface area contributed by atoms with Crippen LogP contribution in [-0.2, 0) is 17.6 Å². The monoisotopic (exact) mass is 367 g/mol. The van der Waals surface area contributed by atoms with Gasteiger partial charge in [0, 0.05) is 19.0 Å². The van der Waals surface area contributed by atoms with Crippen molar-refractivity contribution < 1.29 is 19.4 Å². The first-order chi connectivity index (χ1) is 13.0. The molecule has 0 heterocycles. The van der Waals surface area contributed by atoms with Crippen LogP contribution >= 0.6 is 0 Å². The minimum absolute atomic E-state index is 0.233. The molecule has 142 valence electrons. The van der Waals surface area contributed by atoms with Gasteiger partial charge in [0.25, 0.3) is 0 Å². The summed E-state index contributed by atoms with van der Waals surface area (Å²) in [5.74, 6) is 1.01. The minimum Gasteiger partial charge on any atom is -0.493 e. The first-order valence-electron chi connectivity index (χ1n) is 9.00. The second kappa shape index (κ2) is 8.27. The summed E-state index contributed by atoms with van der Waals surface area (Å²) >= 11 is 0. The van der Waals surface area contributed by atoms with Gasteiger partial charge in [-0.15, -0.1) is 0 Å². The van der Waals surface area contributed by atoms with Gasteiger partial charge in [-0.2, -0.15) is 0 Å². The zero-order valence-electron chi connectivity index (χ0n) is 15.7. The zero-order chi connectivity index (χ0) is 19.3. The summed E-state index contributed by atoms with van der Waals surface area (Å²) in [6.45, 7) is 0.233. The molecule has 1 aliphatic rings. The Morgan fingerprint density at radius 1 is 1.15 bits per heavy atom. The van der Waals surface area contributed by atoms with Crippen molar-refractivity contribution in [2.24, 2.45) is 0 Å². The summed E-state index contributed by atoms with van der Waals surface area (Å²) in [7, 11) is 3.15. The molecule has 2 aromatic carbocycles. The van der Waals surface area contributed by atoms with E-state index in [2.05, 4.69) is 11.4 Å². The number of fused-ring (bicyclic) bond motifs is 1. The van der Waals surface area contributed by atoms with Crippen molar-refractivity contribution in [1.82, 2.24) is 5.32 Å². The molecule has 5 nitrogen and oxygen atoms in total. The number of aryl methyl sites for hydroxylation is 1. The molecule has 0 aliphatic heterocycles. The SMILES string of the molecule is COc1ccc(C=CC(=O)NCC2(O)CCc3ccccc3C2)cc1OC. The van der Waals surface area contributed by atoms with Crippen LogP contribution in [0.4, 0.5) is 0 Å². The lowest BCUT2D eigenvalue weighted by molar-refractivity contribution is -0.117. The normalized spacial score (nSPS) is 18.8. The largest absolute Gasteiger partial charge is 0.493 e. The van der Waals surface area contributed by atoms with Gasteiger partial charge in [0.15, 0.2) is 11.5 Å². The molecule has 1 aliphatic carbocycles. The topological polar surface area (TPSA) is 67.8 Å². The van der Waals surface area contributed by atoms with Crippen molar-refractivity contribution in [2.75, 3.05) is 20.8 Å². The number of rotatable bonds is 6. The molecule has 0 saturated carbocycles. The van der Waals surface area contributed by atoms with Crippen LogP contribution in [0.15, 0.2) is 48.5 Å². The van der Waals surface area contributed by atoms with Crippen molar-refractivity contribution in [3.8, 4) is 11.5 Å². The molecular weight excluding hydrogens is 342 g/mol. The molecule has 0 aromatic heterocycles. The third-order valence-electron chi connectivity index (χ3n) is 4.92. The lowest BCUT2D eigenvalue weighted by atomic mass is 9.80. The second-order valence-corrected chi connectivity index (χ2v) is 6.84. The average Bonchev–Trinajstić information content (AvgIpc) is 2.70. The highest BCUT2D eigenvalue weighted by molar-refractivity contribution is 5.91. The number of aliphatic hydroxyl groups is 1. The molecule has 1 amide bonds. The van der Waals surface area contributed by atoms with Gasteiger partial charge in [0.05, 0.1) is 19.8 Å². The Balaban J connectivity index is 1.58. The van der Waals surface area contributed by atoms with Gasteiger partial charge in [-0.3, -0.25) is 4.79 Å². The van der Waals surface area contributed by atoms with Gasteiger partial charge < -0.3 is 19.9 Å². The maximum atomic E-state index is 12.2. The summed E-state index contributed by atoms with van der Waals surface area (Å²) in [4.78, 5) is 12.2. The minimum atomic E-state index is -0.902. The Bertz CT molecular complexity index is 846. The molecule has 0 saturated heterocycles. The number of ether oxygens (including phenoxy) is 2. The lowest BCUT2D eigenvalue weighted by Gasteiger charge is -2.33. The van der Waals surface area contributed by atoms with Gasteiger partial charge in [0.1, 0.15) is 0 Å². The van der Waals surface area contributed by atoms with E-state index in [1.165, 1.54) is 11.6 Å². The molecule has 0 bridgehead atoms. The van der Waals surface area contributed by atoms with Crippen LogP contribution in [0.1, 0.15) is 23.1 Å². The number of amides is 1. The number of nitrogens with one attached hydrogen (secondary N) is 1. The quantitative estimate of drug-likeness (QED) is 0.771. The highest BCUT2D eigenvalue weighted by Gasteiger charge is 2.32. The van der Waals surface area contributed by atoms with Gasteiger partial charge in [-0.25, -0.2) is 0 Å². The number of benzene rings is 2. The molecule has 1 atom stereocenters. The Kier molecular flexibility index (Phi) is 5.81. The molecule has 3 rings (SSSR count). The molecule has 2 N–H and O–H groups in total. The van der Waals surface area contributed by atoms with E-state index >= 15 is 0 Å². The maximum absolute atomic E-state index is 12.2. The average molecular weight is 367 g/mol. The zero-order valence-corrected chi connectivity index (χ0v) is 15.7. The summed E-state index contributed by atoms with van der Waals surface area (Å²) in [6.07, 6.45) is 5.19. The summed E-state index contributed by atoms with van der Waals surface area (Å²) in [6, 6.07) is 13.6. The van der Waals surface area contributed by atoms with Crippen LogP contribution in [0.5, 0.6) is 11.5 Å². The van der Waals surface area contributed by atoms with Crippen molar-refractivity contribution in [3.05, 3.63) is 65.2 Å². The summed E-state index contributed by atoms with van der Waals surface area (Å²) in [5.41, 5.74) is 2.36. The standard InChI is InChI=1S/C22H25NO4/c1-26-19-9-7-16(13-20(19)27-2)8-10-21(24)23-15-22(25)12-11-17-5-3-4-6-18(17)14-22/h3-10,13,25H,11-12,14-15H2,1-2H3,(H,23,24). The first kappa shape index (κ1) is 19.0. The summed E-state index contributed by atoms with van der Waals surface area (Å²) < 4.78 is 10.5. The Morgan fingerprint density at radius 3 is 2.63 bits per heavy atom. The number of hydrogen-bond donors (Lipinski definition) is 2. The van der Waals surface area contributed by atoms with Crippen LogP contribution in [0.3, 0.4) is 0 Å². The van der Waals surface area contributed by atoms with E-state index < -0.39 is 5.60 Å². The third kappa shape index (κ3) is 4.68. The molecular formula is C22H25NO4. The highest BCUT2D eigenvalue weighted by Crippen LogP contribution is 2.29. The fraction of sp³-hybridized carbons (Fsp3) is 0.318. The van der Waals surface area contributed by atoms with Crippen LogP contribution in [0.25, 0.3) is 6.08 Å². The van der Waals surface area contributed by atoms with Gasteiger partial charge in [0.2, 0.25) is 5.91 Å². The molecule has 0 radical (unpaired) electrons. The van der Waals surface area contributed by atoms with Gasteiger partial charge in [-0.05, 0) is 47.7 Å². The lowest BCUT2D eigenvalue weighted by Crippen LogP contribution is -2.46. The van der Waals surface area contributed by atoms with Crippen LogP contribution in [-0.4, -0.2) is 37.4 Å². The molecule has 1 unspecified atom stereocenters. The van der Waals surface area contributed by atoms with E-state index in [0.717, 1.165) is 17.5 Å². The Hall–Kier alpha value is -2.79. The van der Waals surface area contributed by atoms with Crippen LogP contribution in [0, 0.1) is 0 Å². The number of carbonyl (C=O) groups excluding carboxylic acids is 1. The number of hydrogen-bond acceptors (Lipinski definition) is 4. The molecule has 27 heavy (non-hydrogen) atoms. The van der Waals surface area contributed by atoms with Gasteiger partial charge in [-0.1, -0.05) is 30.3 Å². The molecule has 0 fully saturated rings. The second-order valence-electron chi connectivity index (χ2n) is 6.84. The van der Waals surface area contributed by atoms with E-state index in [-0.39, 0.29) is 12.5 Å². The van der Waals surface area contributed by atoms with E-state index in [4.69, 9.17) is 9.47 Å². The Labute approximate surface area is 159 Å². The predicted octanol–water partition coefficient (Wildman–Crippen LogP) is 2.75. The Morgan fingerprint density at radius 2 is 1.89 bits per heavy atom. The van der Waals surface area contributed by atoms with Crippen LogP contribution < -0.4 is 14.8 Å². The number of carbonyl (C=O) groups is 1. The third-order valence-corrected chi connectivity index (χ3v) is 4.92. The molecule has 0 spiro atoms. The smallest absolute Gasteiger partial charge is 0.244 e. The first-order valence-corrected chi connectivity index (χ1v) is 9.00. The van der Waals surface area contributed by atoms with E-state index in [1.54, 1.807) is 32.4 Å². The van der Waals surface area contributed by atoms with E-state index in [1.807, 2.05) is 24.3 Å².